The Kier molecular flexibility index (Phi) is 5.63. The first-order chi connectivity index (χ1) is 12.1. The summed E-state index contributed by atoms with van der Waals surface area (Å²) >= 11 is 7.44. The zero-order valence-electron chi connectivity index (χ0n) is 13.3. The molecular weight excluding hydrogens is 358 g/mol. The lowest BCUT2D eigenvalue weighted by atomic mass is 10.1. The van der Waals surface area contributed by atoms with E-state index in [2.05, 4.69) is 10.4 Å². The lowest BCUT2D eigenvalue weighted by Gasteiger charge is -2.08. The number of thiophene rings is 1. The van der Waals surface area contributed by atoms with Crippen LogP contribution in [0.1, 0.15) is 4.88 Å². The van der Waals surface area contributed by atoms with Gasteiger partial charge in [-0.3, -0.25) is 9.59 Å². The topological polar surface area (TPSA) is 64.0 Å². The zero-order valence-corrected chi connectivity index (χ0v) is 14.9. The van der Waals surface area contributed by atoms with Gasteiger partial charge in [0.25, 0.3) is 5.56 Å². The molecule has 2 heterocycles. The van der Waals surface area contributed by atoms with E-state index in [1.807, 2.05) is 29.6 Å². The van der Waals surface area contributed by atoms with Crippen molar-refractivity contribution in [3.05, 3.63) is 74.2 Å². The van der Waals surface area contributed by atoms with E-state index >= 15 is 0 Å². The van der Waals surface area contributed by atoms with Crippen molar-refractivity contribution in [1.29, 1.82) is 0 Å². The van der Waals surface area contributed by atoms with Gasteiger partial charge in [-0.1, -0.05) is 29.8 Å². The Hall–Kier alpha value is -2.44. The largest absolute Gasteiger partial charge is 0.354 e. The summed E-state index contributed by atoms with van der Waals surface area (Å²) in [4.78, 5) is 24.8. The van der Waals surface area contributed by atoms with E-state index < -0.39 is 0 Å². The van der Waals surface area contributed by atoms with Gasteiger partial charge in [-0.2, -0.15) is 5.10 Å². The number of nitrogens with zero attached hydrogens (tertiary/aromatic N) is 2. The first-order valence-electron chi connectivity index (χ1n) is 7.75. The van der Waals surface area contributed by atoms with Gasteiger partial charge in [0, 0.05) is 28.1 Å². The van der Waals surface area contributed by atoms with Crippen LogP contribution in [-0.2, 0) is 17.8 Å². The average molecular weight is 374 g/mol. The molecule has 0 spiro atoms. The molecule has 0 radical (unpaired) electrons. The second kappa shape index (κ2) is 8.09. The second-order valence-corrected chi connectivity index (χ2v) is 6.86. The van der Waals surface area contributed by atoms with E-state index in [4.69, 9.17) is 11.6 Å². The lowest BCUT2D eigenvalue weighted by molar-refractivity contribution is -0.120. The maximum atomic E-state index is 12.0. The van der Waals surface area contributed by atoms with Crippen LogP contribution in [-0.4, -0.2) is 22.2 Å². The first kappa shape index (κ1) is 17.4. The molecule has 1 amide bonds. The fraction of sp³-hybridized carbons (Fsp3) is 0.167. The third-order valence-corrected chi connectivity index (χ3v) is 4.70. The molecule has 3 rings (SSSR count). The zero-order chi connectivity index (χ0) is 17.6. The van der Waals surface area contributed by atoms with Gasteiger partial charge in [0.2, 0.25) is 5.91 Å². The smallest absolute Gasteiger partial charge is 0.266 e. The predicted octanol–water partition coefficient (Wildman–Crippen LogP) is 2.98. The summed E-state index contributed by atoms with van der Waals surface area (Å²) in [5.74, 6) is -0.0654. The van der Waals surface area contributed by atoms with E-state index in [0.29, 0.717) is 30.2 Å². The van der Waals surface area contributed by atoms with Gasteiger partial charge in [0.1, 0.15) is 0 Å². The Balaban J connectivity index is 1.62. The van der Waals surface area contributed by atoms with Crippen molar-refractivity contribution >= 4 is 28.8 Å². The molecule has 0 aliphatic heterocycles. The van der Waals surface area contributed by atoms with Crippen molar-refractivity contribution in [3.63, 3.8) is 0 Å². The monoisotopic (exact) mass is 373 g/mol. The van der Waals surface area contributed by atoms with E-state index in [0.717, 1.165) is 10.4 Å². The van der Waals surface area contributed by atoms with Crippen LogP contribution in [0.15, 0.2) is 58.7 Å². The number of hydrogen-bond acceptors (Lipinski definition) is 4. The minimum absolute atomic E-state index is 0.0654. The van der Waals surface area contributed by atoms with Gasteiger partial charge in [-0.05, 0) is 29.6 Å². The van der Waals surface area contributed by atoms with Gasteiger partial charge in [0.15, 0.2) is 0 Å². The summed E-state index contributed by atoms with van der Waals surface area (Å²) in [7, 11) is 0. The van der Waals surface area contributed by atoms with E-state index in [9.17, 15) is 9.59 Å². The number of aromatic nitrogens is 2. The van der Waals surface area contributed by atoms with Crippen LogP contribution in [0, 0.1) is 0 Å². The summed E-state index contributed by atoms with van der Waals surface area (Å²) in [6.45, 7) is 0.664. The fourth-order valence-electron chi connectivity index (χ4n) is 2.32. The van der Waals surface area contributed by atoms with Gasteiger partial charge < -0.3 is 5.32 Å². The van der Waals surface area contributed by atoms with Gasteiger partial charge >= 0.3 is 0 Å². The first-order valence-corrected chi connectivity index (χ1v) is 9.01. The van der Waals surface area contributed by atoms with E-state index in [1.54, 1.807) is 29.5 Å². The third-order valence-electron chi connectivity index (χ3n) is 3.57. The highest BCUT2D eigenvalue weighted by Crippen LogP contribution is 2.18. The van der Waals surface area contributed by atoms with Crippen molar-refractivity contribution in [3.8, 4) is 11.3 Å². The number of benzene rings is 1. The molecule has 0 unspecified atom stereocenters. The Labute approximate surface area is 153 Å². The Morgan fingerprint density at radius 1 is 1.16 bits per heavy atom. The molecule has 0 aliphatic rings. The van der Waals surface area contributed by atoms with Crippen molar-refractivity contribution in [2.45, 2.75) is 13.0 Å². The molecule has 0 saturated heterocycles. The van der Waals surface area contributed by atoms with Crippen molar-refractivity contribution < 1.29 is 4.79 Å². The number of carbonyl (C=O) groups excluding carboxylic acids is 1. The standard InChI is InChI=1S/C18H16ClN3O2S/c19-14-5-3-13(4-6-14)16-7-8-18(24)22(21-16)10-9-20-17(23)12-15-2-1-11-25-15/h1-8,11H,9-10,12H2,(H,20,23). The second-order valence-electron chi connectivity index (χ2n) is 5.39. The summed E-state index contributed by atoms with van der Waals surface area (Å²) in [5, 5.41) is 9.75. The molecular formula is C18H16ClN3O2S. The minimum Gasteiger partial charge on any atom is -0.354 e. The molecule has 25 heavy (non-hydrogen) atoms. The SMILES string of the molecule is O=C(Cc1cccs1)NCCn1nc(-c2ccc(Cl)cc2)ccc1=O. The van der Waals surface area contributed by atoms with Crippen molar-refractivity contribution in [2.24, 2.45) is 0 Å². The van der Waals surface area contributed by atoms with Crippen LogP contribution < -0.4 is 10.9 Å². The van der Waals surface area contributed by atoms with Crippen LogP contribution in [0.5, 0.6) is 0 Å². The Morgan fingerprint density at radius 2 is 1.96 bits per heavy atom. The molecule has 0 saturated carbocycles. The minimum atomic E-state index is -0.204. The summed E-state index contributed by atoms with van der Waals surface area (Å²) < 4.78 is 1.36. The molecule has 5 nitrogen and oxygen atoms in total. The number of hydrogen-bond donors (Lipinski definition) is 1. The van der Waals surface area contributed by atoms with Crippen LogP contribution in [0.2, 0.25) is 5.02 Å². The number of carbonyl (C=O) groups is 1. The van der Waals surface area contributed by atoms with Crippen LogP contribution in [0.3, 0.4) is 0 Å². The Morgan fingerprint density at radius 3 is 2.68 bits per heavy atom. The normalized spacial score (nSPS) is 10.6. The van der Waals surface area contributed by atoms with Gasteiger partial charge in [-0.15, -0.1) is 11.3 Å². The molecule has 0 atom stereocenters. The number of rotatable bonds is 6. The lowest BCUT2D eigenvalue weighted by Crippen LogP contribution is -2.32. The molecule has 128 valence electrons. The maximum Gasteiger partial charge on any atom is 0.266 e. The quantitative estimate of drug-likeness (QED) is 0.722. The average Bonchev–Trinajstić information content (AvgIpc) is 3.10. The number of halogens is 1. The van der Waals surface area contributed by atoms with Gasteiger partial charge in [0.05, 0.1) is 18.7 Å². The molecule has 7 heteroatoms. The molecule has 0 fully saturated rings. The highest BCUT2D eigenvalue weighted by atomic mass is 35.5. The molecule has 1 aromatic carbocycles. The van der Waals surface area contributed by atoms with E-state index in [1.165, 1.54) is 10.7 Å². The maximum absolute atomic E-state index is 12.0. The molecule has 0 aliphatic carbocycles. The highest BCUT2D eigenvalue weighted by Gasteiger charge is 2.06. The van der Waals surface area contributed by atoms with Crippen molar-refractivity contribution in [2.75, 3.05) is 6.54 Å². The van der Waals surface area contributed by atoms with Crippen LogP contribution in [0.4, 0.5) is 0 Å². The summed E-state index contributed by atoms with van der Waals surface area (Å²) in [5.41, 5.74) is 1.35. The van der Waals surface area contributed by atoms with Gasteiger partial charge in [-0.25, -0.2) is 4.68 Å². The third kappa shape index (κ3) is 4.78. The van der Waals surface area contributed by atoms with Crippen molar-refractivity contribution in [1.82, 2.24) is 15.1 Å². The van der Waals surface area contributed by atoms with E-state index in [-0.39, 0.29) is 11.5 Å². The van der Waals surface area contributed by atoms with Crippen LogP contribution in [0.25, 0.3) is 11.3 Å². The molecule has 2 aromatic heterocycles. The molecule has 0 bridgehead atoms. The number of amides is 1. The predicted molar refractivity (Wildman–Crippen MR) is 100.0 cm³/mol. The molecule has 1 N–H and O–H groups in total. The summed E-state index contributed by atoms with van der Waals surface area (Å²) in [6.07, 6.45) is 0.352. The van der Waals surface area contributed by atoms with Crippen LogP contribution >= 0.6 is 22.9 Å². The number of nitrogens with one attached hydrogen (secondary N) is 1. The highest BCUT2D eigenvalue weighted by molar-refractivity contribution is 7.10. The molecule has 3 aromatic rings. The Bertz CT molecular complexity index is 905. The summed E-state index contributed by atoms with van der Waals surface area (Å²) in [6, 6.07) is 14.2. The fourth-order valence-corrected chi connectivity index (χ4v) is 3.15.